The number of carbonyl (C=O) groups is 2. The third-order valence-electron chi connectivity index (χ3n) is 4.29. The largest absolute Gasteiger partial charge is 0.481 e. The van der Waals surface area contributed by atoms with Gasteiger partial charge in [0.2, 0.25) is 5.91 Å². The zero-order valence-corrected chi connectivity index (χ0v) is 14.6. The number of para-hydroxylation sites is 1. The summed E-state index contributed by atoms with van der Waals surface area (Å²) >= 11 is 0. The number of nitrogens with one attached hydrogen (secondary N) is 1. The van der Waals surface area contributed by atoms with Crippen LogP contribution in [-0.4, -0.2) is 25.0 Å². The first-order chi connectivity index (χ1) is 12.5. The molecule has 136 valence electrons. The molecule has 6 heteroatoms. The lowest BCUT2D eigenvalue weighted by Crippen LogP contribution is -2.35. The molecule has 0 bridgehead atoms. The van der Waals surface area contributed by atoms with Crippen LogP contribution in [0.5, 0.6) is 5.75 Å². The highest BCUT2D eigenvalue weighted by Gasteiger charge is 2.21. The second kappa shape index (κ2) is 7.99. The van der Waals surface area contributed by atoms with E-state index in [1.54, 1.807) is 23.1 Å². The van der Waals surface area contributed by atoms with Crippen molar-refractivity contribution in [1.29, 1.82) is 0 Å². The van der Waals surface area contributed by atoms with E-state index in [2.05, 4.69) is 5.32 Å². The van der Waals surface area contributed by atoms with Crippen LogP contribution in [0.2, 0.25) is 0 Å². The van der Waals surface area contributed by atoms with Crippen molar-refractivity contribution in [2.75, 3.05) is 23.4 Å². The maximum absolute atomic E-state index is 13.5. The lowest BCUT2D eigenvalue weighted by molar-refractivity contribution is -0.119. The van der Waals surface area contributed by atoms with Crippen molar-refractivity contribution in [1.82, 2.24) is 0 Å². The molecule has 2 aromatic rings. The molecule has 0 aromatic heterocycles. The first-order valence-corrected chi connectivity index (χ1v) is 8.63. The number of ether oxygens (including phenoxy) is 1. The summed E-state index contributed by atoms with van der Waals surface area (Å²) in [7, 11) is 0. The Morgan fingerprint density at radius 1 is 1.23 bits per heavy atom. The number of halogens is 1. The Bertz CT molecular complexity index is 822. The van der Waals surface area contributed by atoms with Crippen LogP contribution in [0.3, 0.4) is 0 Å². The highest BCUT2D eigenvalue weighted by molar-refractivity contribution is 5.96. The van der Waals surface area contributed by atoms with Gasteiger partial charge < -0.3 is 15.0 Å². The van der Waals surface area contributed by atoms with Gasteiger partial charge in [0.15, 0.2) is 18.2 Å². The van der Waals surface area contributed by atoms with Crippen LogP contribution < -0.4 is 15.0 Å². The fraction of sp³-hybridized carbons (Fsp3) is 0.300. The first-order valence-electron chi connectivity index (χ1n) is 8.63. The van der Waals surface area contributed by atoms with Crippen molar-refractivity contribution in [2.24, 2.45) is 0 Å². The summed E-state index contributed by atoms with van der Waals surface area (Å²) in [4.78, 5) is 25.9. The molecule has 2 aromatic carbocycles. The van der Waals surface area contributed by atoms with Gasteiger partial charge in [-0.25, -0.2) is 4.39 Å². The average molecular weight is 356 g/mol. The standard InChI is InChI=1S/C20H21FN2O3/c1-14-12-15(9-10-17(14)23-11-5-4-8-20(23)25)22-19(24)13-26-18-7-3-2-6-16(18)21/h2-3,6-7,9-10,12H,4-5,8,11,13H2,1H3,(H,22,24). The molecule has 0 unspecified atom stereocenters. The number of nitrogens with zero attached hydrogens (tertiary/aromatic N) is 1. The molecule has 1 N–H and O–H groups in total. The predicted molar refractivity (Wildman–Crippen MR) is 97.9 cm³/mol. The summed E-state index contributed by atoms with van der Waals surface area (Å²) in [5, 5.41) is 2.72. The lowest BCUT2D eigenvalue weighted by Gasteiger charge is -2.28. The number of carbonyl (C=O) groups excluding carboxylic acids is 2. The van der Waals surface area contributed by atoms with E-state index in [1.807, 2.05) is 19.1 Å². The van der Waals surface area contributed by atoms with Crippen LogP contribution in [0, 0.1) is 12.7 Å². The van der Waals surface area contributed by atoms with Gasteiger partial charge in [-0.1, -0.05) is 12.1 Å². The van der Waals surface area contributed by atoms with E-state index in [-0.39, 0.29) is 24.2 Å². The van der Waals surface area contributed by atoms with Crippen molar-refractivity contribution < 1.29 is 18.7 Å². The van der Waals surface area contributed by atoms with E-state index < -0.39 is 5.82 Å². The van der Waals surface area contributed by atoms with Crippen molar-refractivity contribution in [3.8, 4) is 5.75 Å². The topological polar surface area (TPSA) is 58.6 Å². The Hall–Kier alpha value is -2.89. The van der Waals surface area contributed by atoms with Gasteiger partial charge in [0.1, 0.15) is 0 Å². The van der Waals surface area contributed by atoms with Crippen LogP contribution in [0.1, 0.15) is 24.8 Å². The molecule has 0 spiro atoms. The third-order valence-corrected chi connectivity index (χ3v) is 4.29. The number of anilines is 2. The number of hydrogen-bond donors (Lipinski definition) is 1. The van der Waals surface area contributed by atoms with Crippen LogP contribution in [0.15, 0.2) is 42.5 Å². The molecule has 3 rings (SSSR count). The Balaban J connectivity index is 1.61. The zero-order valence-electron chi connectivity index (χ0n) is 14.6. The average Bonchev–Trinajstić information content (AvgIpc) is 2.62. The van der Waals surface area contributed by atoms with E-state index in [0.29, 0.717) is 12.1 Å². The normalized spacial score (nSPS) is 14.2. The molecule has 0 radical (unpaired) electrons. The SMILES string of the molecule is Cc1cc(NC(=O)COc2ccccc2F)ccc1N1CCCCC1=O. The highest BCUT2D eigenvalue weighted by Crippen LogP contribution is 2.27. The Morgan fingerprint density at radius 2 is 2.04 bits per heavy atom. The van der Waals surface area contributed by atoms with Crippen LogP contribution in [-0.2, 0) is 9.59 Å². The van der Waals surface area contributed by atoms with Gasteiger partial charge in [0.25, 0.3) is 5.91 Å². The van der Waals surface area contributed by atoms with Gasteiger partial charge in [0.05, 0.1) is 0 Å². The highest BCUT2D eigenvalue weighted by atomic mass is 19.1. The summed E-state index contributed by atoms with van der Waals surface area (Å²) in [6.07, 6.45) is 2.51. The van der Waals surface area contributed by atoms with Gasteiger partial charge in [0, 0.05) is 24.3 Å². The molecule has 1 fully saturated rings. The van der Waals surface area contributed by atoms with E-state index in [9.17, 15) is 14.0 Å². The summed E-state index contributed by atoms with van der Waals surface area (Å²) in [6.45, 7) is 2.34. The molecular weight excluding hydrogens is 335 g/mol. The molecule has 1 aliphatic rings. The molecule has 0 atom stereocenters. The number of hydrogen-bond acceptors (Lipinski definition) is 3. The van der Waals surface area contributed by atoms with Crippen molar-refractivity contribution in [3.05, 3.63) is 53.8 Å². The maximum Gasteiger partial charge on any atom is 0.262 e. The molecule has 0 saturated carbocycles. The summed E-state index contributed by atoms with van der Waals surface area (Å²) in [6, 6.07) is 11.4. The van der Waals surface area contributed by atoms with Crippen molar-refractivity contribution in [3.63, 3.8) is 0 Å². The Morgan fingerprint density at radius 3 is 2.77 bits per heavy atom. The van der Waals surface area contributed by atoms with E-state index in [1.165, 1.54) is 12.1 Å². The fourth-order valence-electron chi connectivity index (χ4n) is 3.00. The van der Waals surface area contributed by atoms with Gasteiger partial charge in [-0.2, -0.15) is 0 Å². The third kappa shape index (κ3) is 4.20. The van der Waals surface area contributed by atoms with Crippen LogP contribution in [0.4, 0.5) is 15.8 Å². The quantitative estimate of drug-likeness (QED) is 0.889. The molecule has 1 aliphatic heterocycles. The maximum atomic E-state index is 13.5. The van der Waals surface area contributed by atoms with Gasteiger partial charge in [-0.3, -0.25) is 9.59 Å². The van der Waals surface area contributed by atoms with E-state index in [0.717, 1.165) is 30.6 Å². The second-order valence-electron chi connectivity index (χ2n) is 6.27. The molecule has 2 amide bonds. The summed E-state index contributed by atoms with van der Waals surface area (Å²) in [5.41, 5.74) is 2.39. The second-order valence-corrected chi connectivity index (χ2v) is 6.27. The van der Waals surface area contributed by atoms with E-state index >= 15 is 0 Å². The number of piperidine rings is 1. The minimum absolute atomic E-state index is 0.0396. The first kappa shape index (κ1) is 17.9. The molecule has 1 heterocycles. The monoisotopic (exact) mass is 356 g/mol. The van der Waals surface area contributed by atoms with Gasteiger partial charge in [-0.15, -0.1) is 0 Å². The number of amides is 2. The minimum atomic E-state index is -0.508. The Kier molecular flexibility index (Phi) is 5.51. The predicted octanol–water partition coefficient (Wildman–Crippen LogP) is 3.67. The van der Waals surface area contributed by atoms with E-state index in [4.69, 9.17) is 4.74 Å². The lowest BCUT2D eigenvalue weighted by atomic mass is 10.1. The molecule has 5 nitrogen and oxygen atoms in total. The minimum Gasteiger partial charge on any atom is -0.481 e. The summed E-state index contributed by atoms with van der Waals surface area (Å²) in [5.74, 6) is -0.714. The molecule has 26 heavy (non-hydrogen) atoms. The molecular formula is C20H21FN2O3. The number of benzene rings is 2. The Labute approximate surface area is 151 Å². The van der Waals surface area contributed by atoms with Gasteiger partial charge >= 0.3 is 0 Å². The van der Waals surface area contributed by atoms with Crippen molar-refractivity contribution >= 4 is 23.2 Å². The van der Waals surface area contributed by atoms with Crippen molar-refractivity contribution in [2.45, 2.75) is 26.2 Å². The fourth-order valence-corrected chi connectivity index (χ4v) is 3.00. The van der Waals surface area contributed by atoms with Crippen LogP contribution >= 0.6 is 0 Å². The zero-order chi connectivity index (χ0) is 18.5. The van der Waals surface area contributed by atoms with Crippen LogP contribution in [0.25, 0.3) is 0 Å². The molecule has 0 aliphatic carbocycles. The number of rotatable bonds is 5. The van der Waals surface area contributed by atoms with Gasteiger partial charge in [-0.05, 0) is 55.7 Å². The smallest absolute Gasteiger partial charge is 0.262 e. The molecule has 1 saturated heterocycles. The summed E-state index contributed by atoms with van der Waals surface area (Å²) < 4.78 is 18.7. The number of aryl methyl sites for hydroxylation is 1.